The van der Waals surface area contributed by atoms with E-state index in [1.165, 1.54) is 0 Å². The Labute approximate surface area is 93.3 Å². The molecule has 3 N–H and O–H groups in total. The topological polar surface area (TPSA) is 71.2 Å². The molecule has 15 heavy (non-hydrogen) atoms. The number of nitrogens with two attached hydrogens (primary N) is 1. The van der Waals surface area contributed by atoms with Crippen molar-refractivity contribution in [3.63, 3.8) is 0 Å². The molecule has 1 rings (SSSR count). The maximum atomic E-state index is 11.2. The number of hydrazine groups is 1. The summed E-state index contributed by atoms with van der Waals surface area (Å²) >= 11 is 1.57. The Morgan fingerprint density at radius 3 is 3.07 bits per heavy atom. The molecule has 0 saturated heterocycles. The van der Waals surface area contributed by atoms with E-state index >= 15 is 0 Å². The molecule has 84 valence electrons. The number of nitrogens with one attached hydrogen (secondary N) is 1. The number of rotatable bonds is 5. The van der Waals surface area contributed by atoms with Gasteiger partial charge in [0.25, 0.3) is 0 Å². The Balaban J connectivity index is 2.35. The third kappa shape index (κ3) is 3.94. The van der Waals surface area contributed by atoms with Crippen LogP contribution in [0.1, 0.15) is 12.6 Å². The summed E-state index contributed by atoms with van der Waals surface area (Å²) in [6.45, 7) is 3.27. The molecule has 0 spiro atoms. The van der Waals surface area contributed by atoms with Crippen molar-refractivity contribution in [1.82, 2.24) is 15.3 Å². The van der Waals surface area contributed by atoms with Crippen LogP contribution in [0.2, 0.25) is 0 Å². The Kier molecular flexibility index (Phi) is 4.67. The van der Waals surface area contributed by atoms with Crippen molar-refractivity contribution in [2.24, 2.45) is 11.8 Å². The summed E-state index contributed by atoms with van der Waals surface area (Å²) in [5.41, 5.74) is 4.98. The van der Waals surface area contributed by atoms with Crippen LogP contribution in [0.5, 0.6) is 0 Å². The average Bonchev–Trinajstić information content (AvgIpc) is 2.68. The lowest BCUT2D eigenvalue weighted by molar-refractivity contribution is -0.125. The van der Waals surface area contributed by atoms with Gasteiger partial charge in [0.05, 0.1) is 11.2 Å². The number of amides is 1. The minimum atomic E-state index is -0.139. The molecule has 0 radical (unpaired) electrons. The summed E-state index contributed by atoms with van der Waals surface area (Å²) in [4.78, 5) is 17.4. The number of nitrogens with zero attached hydrogens (tertiary/aromatic N) is 2. The van der Waals surface area contributed by atoms with E-state index in [1.54, 1.807) is 16.8 Å². The van der Waals surface area contributed by atoms with Crippen LogP contribution in [0, 0.1) is 5.92 Å². The molecule has 0 aliphatic carbocycles. The molecule has 1 aromatic heterocycles. The highest BCUT2D eigenvalue weighted by Crippen LogP contribution is 2.06. The highest BCUT2D eigenvalue weighted by atomic mass is 32.1. The van der Waals surface area contributed by atoms with Crippen molar-refractivity contribution < 1.29 is 4.79 Å². The zero-order chi connectivity index (χ0) is 11.3. The number of hydrogen-bond donors (Lipinski definition) is 2. The second kappa shape index (κ2) is 5.79. The molecular weight excluding hydrogens is 212 g/mol. The van der Waals surface area contributed by atoms with Gasteiger partial charge in [-0.1, -0.05) is 6.92 Å². The smallest absolute Gasteiger partial charge is 0.237 e. The molecule has 0 bridgehead atoms. The summed E-state index contributed by atoms with van der Waals surface area (Å²) < 4.78 is 0. The maximum Gasteiger partial charge on any atom is 0.237 e. The first-order chi connectivity index (χ1) is 7.13. The van der Waals surface area contributed by atoms with Gasteiger partial charge in [-0.25, -0.2) is 10.8 Å². The number of carbonyl (C=O) groups is 1. The van der Waals surface area contributed by atoms with Gasteiger partial charge in [0.1, 0.15) is 0 Å². The third-order valence-electron chi connectivity index (χ3n) is 2.09. The van der Waals surface area contributed by atoms with E-state index < -0.39 is 0 Å². The Morgan fingerprint density at radius 2 is 2.53 bits per heavy atom. The zero-order valence-electron chi connectivity index (χ0n) is 8.93. The molecule has 1 heterocycles. The van der Waals surface area contributed by atoms with Crippen molar-refractivity contribution in [3.8, 4) is 0 Å². The summed E-state index contributed by atoms with van der Waals surface area (Å²) in [5, 5.41) is 2.00. The molecule has 0 aromatic carbocycles. The normalized spacial score (nSPS) is 12.8. The lowest BCUT2D eigenvalue weighted by Gasteiger charge is -2.19. The minimum absolute atomic E-state index is 0.112. The van der Waals surface area contributed by atoms with Gasteiger partial charge >= 0.3 is 0 Å². The fraction of sp³-hybridized carbons (Fsp3) is 0.556. The number of hydrogen-bond acceptors (Lipinski definition) is 5. The Bertz CT molecular complexity index is 301. The van der Waals surface area contributed by atoms with Gasteiger partial charge in [0.15, 0.2) is 0 Å². The zero-order valence-corrected chi connectivity index (χ0v) is 9.75. The van der Waals surface area contributed by atoms with Crippen LogP contribution in [0.15, 0.2) is 10.9 Å². The van der Waals surface area contributed by atoms with E-state index in [2.05, 4.69) is 15.3 Å². The average molecular weight is 228 g/mol. The van der Waals surface area contributed by atoms with Gasteiger partial charge < -0.3 is 0 Å². The second-order valence-electron chi connectivity index (χ2n) is 3.59. The van der Waals surface area contributed by atoms with Crippen LogP contribution in [-0.4, -0.2) is 29.4 Å². The highest BCUT2D eigenvalue weighted by Gasteiger charge is 2.14. The van der Waals surface area contributed by atoms with E-state index in [0.717, 1.165) is 12.2 Å². The SMILES string of the molecule is CC(CN(C)Cc1cscn1)C(=O)NN. The van der Waals surface area contributed by atoms with E-state index in [0.29, 0.717) is 6.54 Å². The minimum Gasteiger partial charge on any atom is -0.300 e. The number of aromatic nitrogens is 1. The fourth-order valence-electron chi connectivity index (χ4n) is 1.35. The first-order valence-corrected chi connectivity index (χ1v) is 5.63. The van der Waals surface area contributed by atoms with Gasteiger partial charge in [-0.2, -0.15) is 0 Å². The predicted octanol–water partition coefficient (Wildman–Crippen LogP) is 0.201. The van der Waals surface area contributed by atoms with Crippen molar-refractivity contribution in [2.45, 2.75) is 13.5 Å². The molecule has 1 amide bonds. The fourth-order valence-corrected chi connectivity index (χ4v) is 1.90. The van der Waals surface area contributed by atoms with Crippen molar-refractivity contribution in [1.29, 1.82) is 0 Å². The van der Waals surface area contributed by atoms with Crippen molar-refractivity contribution in [2.75, 3.05) is 13.6 Å². The molecule has 0 aliphatic rings. The highest BCUT2D eigenvalue weighted by molar-refractivity contribution is 7.07. The van der Waals surface area contributed by atoms with E-state index in [1.807, 2.05) is 19.4 Å². The maximum absolute atomic E-state index is 11.2. The molecule has 0 aliphatic heterocycles. The molecule has 6 heteroatoms. The first-order valence-electron chi connectivity index (χ1n) is 4.69. The molecule has 5 nitrogen and oxygen atoms in total. The molecule has 0 saturated carbocycles. The van der Waals surface area contributed by atoms with Crippen LogP contribution in [0.3, 0.4) is 0 Å². The summed E-state index contributed by atoms with van der Waals surface area (Å²) in [5.74, 6) is 4.80. The van der Waals surface area contributed by atoms with E-state index in [4.69, 9.17) is 5.84 Å². The van der Waals surface area contributed by atoms with Crippen LogP contribution < -0.4 is 11.3 Å². The van der Waals surface area contributed by atoms with Crippen LogP contribution in [0.25, 0.3) is 0 Å². The summed E-state index contributed by atoms with van der Waals surface area (Å²) in [6.07, 6.45) is 0. The van der Waals surface area contributed by atoms with Crippen molar-refractivity contribution in [3.05, 3.63) is 16.6 Å². The number of thiazole rings is 1. The molecular formula is C9H16N4OS. The largest absolute Gasteiger partial charge is 0.300 e. The van der Waals surface area contributed by atoms with Gasteiger partial charge in [-0.15, -0.1) is 11.3 Å². The van der Waals surface area contributed by atoms with Gasteiger partial charge in [0, 0.05) is 24.4 Å². The van der Waals surface area contributed by atoms with Gasteiger partial charge in [-0.05, 0) is 7.05 Å². The van der Waals surface area contributed by atoms with E-state index in [9.17, 15) is 4.79 Å². The molecule has 1 aromatic rings. The van der Waals surface area contributed by atoms with Crippen LogP contribution in [-0.2, 0) is 11.3 Å². The van der Waals surface area contributed by atoms with Crippen molar-refractivity contribution >= 4 is 17.2 Å². The van der Waals surface area contributed by atoms with Crippen LogP contribution >= 0.6 is 11.3 Å². The molecule has 0 fully saturated rings. The molecule has 1 unspecified atom stereocenters. The van der Waals surface area contributed by atoms with Crippen LogP contribution in [0.4, 0.5) is 0 Å². The first kappa shape index (κ1) is 12.1. The monoisotopic (exact) mass is 228 g/mol. The Hall–Kier alpha value is -0.980. The Morgan fingerprint density at radius 1 is 1.80 bits per heavy atom. The quantitative estimate of drug-likeness (QED) is 0.429. The molecule has 1 atom stereocenters. The lowest BCUT2D eigenvalue weighted by Crippen LogP contribution is -2.39. The second-order valence-corrected chi connectivity index (χ2v) is 4.30. The third-order valence-corrected chi connectivity index (χ3v) is 2.73. The predicted molar refractivity (Wildman–Crippen MR) is 59.9 cm³/mol. The van der Waals surface area contributed by atoms with E-state index in [-0.39, 0.29) is 11.8 Å². The number of carbonyl (C=O) groups excluding carboxylic acids is 1. The lowest BCUT2D eigenvalue weighted by atomic mass is 10.1. The summed E-state index contributed by atoms with van der Waals surface area (Å²) in [7, 11) is 1.96. The van der Waals surface area contributed by atoms with Gasteiger partial charge in [-0.3, -0.25) is 15.1 Å². The summed E-state index contributed by atoms with van der Waals surface area (Å²) in [6, 6.07) is 0. The standard InChI is InChI=1S/C9H16N4OS/c1-7(9(14)12-10)3-13(2)4-8-5-15-6-11-8/h5-7H,3-4,10H2,1-2H3,(H,12,14). The van der Waals surface area contributed by atoms with Gasteiger partial charge in [0.2, 0.25) is 5.91 Å².